The number of nitrogens with zero attached hydrogens (tertiary/aromatic N) is 4. The molecular formula is C16H26N4O. The molecule has 5 nitrogen and oxygen atoms in total. The molecule has 0 unspecified atom stereocenters. The molecule has 0 radical (unpaired) electrons. The van der Waals surface area contributed by atoms with E-state index >= 15 is 0 Å². The lowest BCUT2D eigenvalue weighted by atomic mass is 10.0. The highest BCUT2D eigenvalue weighted by Crippen LogP contribution is 2.27. The van der Waals surface area contributed by atoms with Gasteiger partial charge in [0.15, 0.2) is 0 Å². The molecule has 0 N–H and O–H groups in total. The average molecular weight is 290 g/mol. The first-order valence-corrected chi connectivity index (χ1v) is 8.47. The van der Waals surface area contributed by atoms with Gasteiger partial charge in [0.25, 0.3) is 0 Å². The number of aromatic nitrogens is 2. The zero-order chi connectivity index (χ0) is 14.1. The molecule has 3 aliphatic heterocycles. The zero-order valence-corrected chi connectivity index (χ0v) is 12.8. The van der Waals surface area contributed by atoms with E-state index in [1.165, 1.54) is 44.5 Å². The van der Waals surface area contributed by atoms with Gasteiger partial charge in [0.05, 0.1) is 11.7 Å². The molecule has 116 valence electrons. The molecule has 4 rings (SSSR count). The molecule has 0 aromatic carbocycles. The quantitative estimate of drug-likeness (QED) is 0.845. The second-order valence-electron chi connectivity index (χ2n) is 6.70. The highest BCUT2D eigenvalue weighted by atomic mass is 16.5. The number of likely N-dealkylation sites (tertiary alicyclic amines) is 1. The van der Waals surface area contributed by atoms with E-state index in [0.717, 1.165) is 32.8 Å². The monoisotopic (exact) mass is 290 g/mol. The number of hydrogen-bond acceptors (Lipinski definition) is 4. The van der Waals surface area contributed by atoms with Gasteiger partial charge in [-0.1, -0.05) is 0 Å². The molecule has 0 bridgehead atoms. The molecule has 3 aliphatic rings. The third-order valence-corrected chi connectivity index (χ3v) is 5.28. The summed E-state index contributed by atoms with van der Waals surface area (Å²) < 4.78 is 7.81. The maximum atomic E-state index is 5.53. The van der Waals surface area contributed by atoms with Crippen molar-refractivity contribution in [1.82, 2.24) is 19.6 Å². The van der Waals surface area contributed by atoms with Crippen LogP contribution in [0.15, 0.2) is 12.3 Å². The van der Waals surface area contributed by atoms with Crippen LogP contribution in [0.2, 0.25) is 0 Å². The molecule has 2 fully saturated rings. The van der Waals surface area contributed by atoms with Crippen LogP contribution in [0.5, 0.6) is 0 Å². The van der Waals surface area contributed by atoms with Crippen molar-refractivity contribution in [3.8, 4) is 0 Å². The van der Waals surface area contributed by atoms with Crippen molar-refractivity contribution in [2.24, 2.45) is 0 Å². The molecule has 0 amide bonds. The van der Waals surface area contributed by atoms with Crippen molar-refractivity contribution in [1.29, 1.82) is 0 Å². The lowest BCUT2D eigenvalue weighted by Crippen LogP contribution is -2.48. The van der Waals surface area contributed by atoms with Gasteiger partial charge in [-0.3, -0.25) is 9.58 Å². The van der Waals surface area contributed by atoms with Gasteiger partial charge in [0.2, 0.25) is 0 Å². The fourth-order valence-electron chi connectivity index (χ4n) is 4.14. The van der Waals surface area contributed by atoms with E-state index in [1.807, 2.05) is 6.20 Å². The summed E-state index contributed by atoms with van der Waals surface area (Å²) in [6, 6.07) is 3.41. The molecule has 0 saturated carbocycles. The Morgan fingerprint density at radius 2 is 2.00 bits per heavy atom. The van der Waals surface area contributed by atoms with Gasteiger partial charge in [-0.15, -0.1) is 0 Å². The molecule has 5 heteroatoms. The minimum absolute atomic E-state index is 0.518. The minimum atomic E-state index is 0.518. The van der Waals surface area contributed by atoms with E-state index in [0.29, 0.717) is 12.1 Å². The second kappa shape index (κ2) is 6.07. The Hall–Kier alpha value is -0.910. The van der Waals surface area contributed by atoms with E-state index in [9.17, 15) is 0 Å². The van der Waals surface area contributed by atoms with Crippen LogP contribution in [-0.4, -0.2) is 65.0 Å². The summed E-state index contributed by atoms with van der Waals surface area (Å²) in [4.78, 5) is 5.30. The number of hydrogen-bond donors (Lipinski definition) is 0. The van der Waals surface area contributed by atoms with Crippen LogP contribution in [-0.2, 0) is 11.3 Å². The van der Waals surface area contributed by atoms with Crippen LogP contribution in [0.4, 0.5) is 0 Å². The number of fused-ring (bicyclic) bond motifs is 1. The molecule has 0 aliphatic carbocycles. The molecule has 1 atom stereocenters. The van der Waals surface area contributed by atoms with Crippen molar-refractivity contribution in [2.75, 3.05) is 39.4 Å². The fourth-order valence-corrected chi connectivity index (χ4v) is 4.14. The first-order chi connectivity index (χ1) is 10.4. The molecule has 0 spiro atoms. The molecule has 1 aromatic rings. The van der Waals surface area contributed by atoms with E-state index in [-0.39, 0.29) is 0 Å². The van der Waals surface area contributed by atoms with Crippen LogP contribution in [0.25, 0.3) is 0 Å². The zero-order valence-electron chi connectivity index (χ0n) is 12.8. The Morgan fingerprint density at radius 1 is 1.19 bits per heavy atom. The Kier molecular flexibility index (Phi) is 3.97. The highest BCUT2D eigenvalue weighted by molar-refractivity contribution is 5.06. The van der Waals surface area contributed by atoms with E-state index < -0.39 is 0 Å². The summed E-state index contributed by atoms with van der Waals surface area (Å²) in [5.41, 5.74) is 1.39. The van der Waals surface area contributed by atoms with Gasteiger partial charge in [0.1, 0.15) is 0 Å². The molecule has 4 heterocycles. The van der Waals surface area contributed by atoms with Gasteiger partial charge >= 0.3 is 0 Å². The summed E-state index contributed by atoms with van der Waals surface area (Å²) in [7, 11) is 0. The van der Waals surface area contributed by atoms with Crippen LogP contribution in [0.1, 0.15) is 37.4 Å². The largest absolute Gasteiger partial charge is 0.381 e. The van der Waals surface area contributed by atoms with Gasteiger partial charge in [-0.05, 0) is 44.8 Å². The number of rotatable bonds is 3. The van der Waals surface area contributed by atoms with Crippen molar-refractivity contribution in [2.45, 2.75) is 44.3 Å². The average Bonchev–Trinajstić information content (AvgIpc) is 3.19. The predicted molar refractivity (Wildman–Crippen MR) is 81.2 cm³/mol. The third kappa shape index (κ3) is 2.87. The van der Waals surface area contributed by atoms with E-state index in [4.69, 9.17) is 4.74 Å². The highest BCUT2D eigenvalue weighted by Gasteiger charge is 2.32. The Labute approximate surface area is 126 Å². The lowest BCUT2D eigenvalue weighted by Gasteiger charge is -2.41. The summed E-state index contributed by atoms with van der Waals surface area (Å²) in [5, 5.41) is 4.60. The Morgan fingerprint density at radius 3 is 2.81 bits per heavy atom. The standard InChI is InChI=1S/C16H26N4O/c1-2-8-18(7-1)11-16-13-19(14-4-9-21-10-5-14)12-15-3-6-17-20(15)16/h3,6,14,16H,1-2,4-5,7-13H2/t16-/m1/s1. The normalized spacial score (nSPS) is 28.9. The number of ether oxygens (including phenoxy) is 1. The van der Waals surface area contributed by atoms with Crippen LogP contribution < -0.4 is 0 Å². The van der Waals surface area contributed by atoms with Crippen LogP contribution in [0, 0.1) is 0 Å². The van der Waals surface area contributed by atoms with Gasteiger partial charge < -0.3 is 9.64 Å². The fraction of sp³-hybridized carbons (Fsp3) is 0.812. The van der Waals surface area contributed by atoms with Gasteiger partial charge in [-0.2, -0.15) is 5.10 Å². The van der Waals surface area contributed by atoms with E-state index in [2.05, 4.69) is 25.6 Å². The lowest BCUT2D eigenvalue weighted by molar-refractivity contribution is 0.0136. The van der Waals surface area contributed by atoms with Crippen molar-refractivity contribution >= 4 is 0 Å². The van der Waals surface area contributed by atoms with Crippen molar-refractivity contribution in [3.63, 3.8) is 0 Å². The molecule has 2 saturated heterocycles. The maximum Gasteiger partial charge on any atom is 0.0776 e. The first-order valence-electron chi connectivity index (χ1n) is 8.47. The minimum Gasteiger partial charge on any atom is -0.381 e. The summed E-state index contributed by atoms with van der Waals surface area (Å²) in [6.07, 6.45) is 7.07. The van der Waals surface area contributed by atoms with Gasteiger partial charge in [-0.25, -0.2) is 0 Å². The van der Waals surface area contributed by atoms with Crippen LogP contribution >= 0.6 is 0 Å². The predicted octanol–water partition coefficient (Wildman–Crippen LogP) is 1.51. The smallest absolute Gasteiger partial charge is 0.0776 e. The van der Waals surface area contributed by atoms with E-state index in [1.54, 1.807) is 0 Å². The first kappa shape index (κ1) is 13.7. The van der Waals surface area contributed by atoms with Crippen molar-refractivity contribution in [3.05, 3.63) is 18.0 Å². The molecule has 21 heavy (non-hydrogen) atoms. The topological polar surface area (TPSA) is 33.5 Å². The van der Waals surface area contributed by atoms with Crippen molar-refractivity contribution < 1.29 is 4.74 Å². The summed E-state index contributed by atoms with van der Waals surface area (Å²) in [6.45, 7) is 7.76. The molecule has 1 aromatic heterocycles. The summed E-state index contributed by atoms with van der Waals surface area (Å²) >= 11 is 0. The SMILES string of the molecule is c1cc2n(n1)[C@H](CN1CCCC1)CN(C1CCOCC1)C2. The second-order valence-corrected chi connectivity index (χ2v) is 6.70. The van der Waals surface area contributed by atoms with Gasteiger partial charge in [0, 0.05) is 45.1 Å². The maximum absolute atomic E-state index is 5.53. The van der Waals surface area contributed by atoms with Crippen LogP contribution in [0.3, 0.4) is 0 Å². The Bertz CT molecular complexity index is 463. The Balaban J connectivity index is 1.49. The summed E-state index contributed by atoms with van der Waals surface area (Å²) in [5.74, 6) is 0. The third-order valence-electron chi connectivity index (χ3n) is 5.28. The molecular weight excluding hydrogens is 264 g/mol.